The molecule has 0 aromatic heterocycles. The molecule has 23 heavy (non-hydrogen) atoms. The Bertz CT molecular complexity index is 655. The minimum Gasteiger partial charge on any atom is -0.460 e. The van der Waals surface area contributed by atoms with E-state index in [0.717, 1.165) is 11.1 Å². The fourth-order valence-corrected chi connectivity index (χ4v) is 2.06. The van der Waals surface area contributed by atoms with Gasteiger partial charge in [0.1, 0.15) is 13.2 Å². The first-order valence-electron chi connectivity index (χ1n) is 7.25. The van der Waals surface area contributed by atoms with Crippen LogP contribution >= 0.6 is 0 Å². The molecule has 0 saturated heterocycles. The van der Waals surface area contributed by atoms with Crippen molar-refractivity contribution in [2.24, 2.45) is 0 Å². The molecular formula is C18H19NO4. The number of methoxy groups -OCH3 is 1. The Morgan fingerprint density at radius 1 is 0.957 bits per heavy atom. The van der Waals surface area contributed by atoms with Crippen molar-refractivity contribution in [3.63, 3.8) is 0 Å². The van der Waals surface area contributed by atoms with Crippen molar-refractivity contribution in [1.29, 1.82) is 0 Å². The maximum absolute atomic E-state index is 12.1. The number of ether oxygens (including phenoxy) is 2. The van der Waals surface area contributed by atoms with Crippen LogP contribution in [0.1, 0.15) is 21.5 Å². The van der Waals surface area contributed by atoms with Gasteiger partial charge < -0.3 is 14.8 Å². The van der Waals surface area contributed by atoms with E-state index in [9.17, 15) is 9.59 Å². The number of hydrogen-bond acceptors (Lipinski definition) is 4. The highest BCUT2D eigenvalue weighted by atomic mass is 16.5. The molecule has 0 fully saturated rings. The number of carbonyl (C=O) groups excluding carboxylic acids is 2. The summed E-state index contributed by atoms with van der Waals surface area (Å²) in [5.74, 6) is -0.805. The zero-order valence-corrected chi connectivity index (χ0v) is 13.0. The van der Waals surface area contributed by atoms with Crippen molar-refractivity contribution in [3.8, 4) is 0 Å². The number of rotatable bonds is 7. The average Bonchev–Trinajstić information content (AvgIpc) is 2.59. The van der Waals surface area contributed by atoms with Crippen LogP contribution in [0, 0.1) is 0 Å². The lowest BCUT2D eigenvalue weighted by molar-refractivity contribution is -0.143. The SMILES string of the molecule is COCc1ccccc1C(=O)NCC(=O)OCc1ccccc1. The summed E-state index contributed by atoms with van der Waals surface area (Å²) in [6.45, 7) is 0.352. The first kappa shape index (κ1) is 16.7. The molecule has 0 aliphatic carbocycles. The number of benzene rings is 2. The second kappa shape index (κ2) is 8.70. The normalized spacial score (nSPS) is 10.1. The van der Waals surface area contributed by atoms with E-state index in [1.165, 1.54) is 0 Å². The fraction of sp³-hybridized carbons (Fsp3) is 0.222. The number of amides is 1. The standard InChI is InChI=1S/C18H19NO4/c1-22-13-15-9-5-6-10-16(15)18(21)19-11-17(20)23-12-14-7-3-2-4-8-14/h2-10H,11-13H2,1H3,(H,19,21). The summed E-state index contributed by atoms with van der Waals surface area (Å²) in [5, 5.41) is 2.56. The predicted octanol–water partition coefficient (Wildman–Crippen LogP) is 2.31. The summed E-state index contributed by atoms with van der Waals surface area (Å²) in [6, 6.07) is 16.5. The minimum atomic E-state index is -0.480. The van der Waals surface area contributed by atoms with Crippen LogP contribution in [0.3, 0.4) is 0 Å². The molecule has 0 heterocycles. The van der Waals surface area contributed by atoms with Crippen molar-refractivity contribution in [3.05, 3.63) is 71.3 Å². The van der Waals surface area contributed by atoms with Crippen molar-refractivity contribution < 1.29 is 19.1 Å². The predicted molar refractivity (Wildman–Crippen MR) is 85.7 cm³/mol. The van der Waals surface area contributed by atoms with Gasteiger partial charge in [0.25, 0.3) is 5.91 Å². The lowest BCUT2D eigenvalue weighted by atomic mass is 10.1. The van der Waals surface area contributed by atoms with E-state index in [1.54, 1.807) is 19.2 Å². The van der Waals surface area contributed by atoms with Crippen molar-refractivity contribution in [2.75, 3.05) is 13.7 Å². The van der Waals surface area contributed by atoms with Gasteiger partial charge in [-0.1, -0.05) is 48.5 Å². The molecule has 2 aromatic rings. The lowest BCUT2D eigenvalue weighted by Crippen LogP contribution is -2.31. The van der Waals surface area contributed by atoms with Gasteiger partial charge in [0.15, 0.2) is 0 Å². The topological polar surface area (TPSA) is 64.6 Å². The molecule has 5 nitrogen and oxygen atoms in total. The monoisotopic (exact) mass is 313 g/mol. The van der Waals surface area contributed by atoms with E-state index in [0.29, 0.717) is 12.2 Å². The van der Waals surface area contributed by atoms with Crippen molar-refractivity contribution in [2.45, 2.75) is 13.2 Å². The quantitative estimate of drug-likeness (QED) is 0.797. The molecule has 0 aliphatic heterocycles. The van der Waals surface area contributed by atoms with E-state index in [2.05, 4.69) is 5.32 Å². The highest BCUT2D eigenvalue weighted by molar-refractivity contribution is 5.97. The Morgan fingerprint density at radius 3 is 2.39 bits per heavy atom. The summed E-state index contributed by atoms with van der Waals surface area (Å²) in [6.07, 6.45) is 0. The molecule has 0 spiro atoms. The van der Waals surface area contributed by atoms with Gasteiger partial charge in [0, 0.05) is 12.7 Å². The Kier molecular flexibility index (Phi) is 6.32. The van der Waals surface area contributed by atoms with Gasteiger partial charge in [-0.15, -0.1) is 0 Å². The maximum Gasteiger partial charge on any atom is 0.325 e. The highest BCUT2D eigenvalue weighted by Crippen LogP contribution is 2.09. The van der Waals surface area contributed by atoms with E-state index in [4.69, 9.17) is 9.47 Å². The van der Waals surface area contributed by atoms with Gasteiger partial charge >= 0.3 is 5.97 Å². The number of hydrogen-bond donors (Lipinski definition) is 1. The summed E-state index contributed by atoms with van der Waals surface area (Å²) >= 11 is 0. The highest BCUT2D eigenvalue weighted by Gasteiger charge is 2.12. The summed E-state index contributed by atoms with van der Waals surface area (Å²) in [5.41, 5.74) is 2.16. The Morgan fingerprint density at radius 2 is 1.65 bits per heavy atom. The van der Waals surface area contributed by atoms with Crippen molar-refractivity contribution in [1.82, 2.24) is 5.32 Å². The zero-order valence-electron chi connectivity index (χ0n) is 13.0. The van der Waals surface area contributed by atoms with Gasteiger partial charge in [0.2, 0.25) is 0 Å². The zero-order chi connectivity index (χ0) is 16.5. The first-order valence-corrected chi connectivity index (χ1v) is 7.25. The average molecular weight is 313 g/mol. The summed E-state index contributed by atoms with van der Waals surface area (Å²) in [4.78, 5) is 23.8. The van der Waals surface area contributed by atoms with E-state index >= 15 is 0 Å². The van der Waals surface area contributed by atoms with Gasteiger partial charge in [-0.25, -0.2) is 0 Å². The van der Waals surface area contributed by atoms with Crippen LogP contribution in [0.25, 0.3) is 0 Å². The van der Waals surface area contributed by atoms with Crippen LogP contribution in [-0.2, 0) is 27.5 Å². The molecule has 2 rings (SSSR count). The molecule has 1 amide bonds. The van der Waals surface area contributed by atoms with Crippen LogP contribution in [0.4, 0.5) is 0 Å². The summed E-state index contributed by atoms with van der Waals surface area (Å²) < 4.78 is 10.2. The van der Waals surface area contributed by atoms with E-state index < -0.39 is 5.97 Å². The Labute approximate surface area is 135 Å². The van der Waals surface area contributed by atoms with Crippen LogP contribution in [0.5, 0.6) is 0 Å². The third kappa shape index (κ3) is 5.23. The van der Waals surface area contributed by atoms with E-state index in [-0.39, 0.29) is 19.1 Å². The molecule has 120 valence electrons. The molecule has 0 saturated carbocycles. The second-order valence-electron chi connectivity index (χ2n) is 4.92. The third-order valence-corrected chi connectivity index (χ3v) is 3.20. The molecule has 0 radical (unpaired) electrons. The first-order chi connectivity index (χ1) is 11.2. The van der Waals surface area contributed by atoms with Gasteiger partial charge in [-0.2, -0.15) is 0 Å². The van der Waals surface area contributed by atoms with Crippen LogP contribution < -0.4 is 5.32 Å². The van der Waals surface area contributed by atoms with E-state index in [1.807, 2.05) is 42.5 Å². The second-order valence-corrected chi connectivity index (χ2v) is 4.92. The largest absolute Gasteiger partial charge is 0.460 e. The molecule has 1 N–H and O–H groups in total. The Hall–Kier alpha value is -2.66. The van der Waals surface area contributed by atoms with Gasteiger partial charge in [0.05, 0.1) is 6.61 Å². The van der Waals surface area contributed by atoms with Crippen LogP contribution in [-0.4, -0.2) is 25.5 Å². The molecule has 0 aliphatic rings. The summed E-state index contributed by atoms with van der Waals surface area (Å²) in [7, 11) is 1.57. The lowest BCUT2D eigenvalue weighted by Gasteiger charge is -2.09. The Balaban J connectivity index is 1.83. The number of nitrogens with one attached hydrogen (secondary N) is 1. The van der Waals surface area contributed by atoms with Crippen LogP contribution in [0.15, 0.2) is 54.6 Å². The molecular weight excluding hydrogens is 294 g/mol. The molecule has 2 aromatic carbocycles. The number of carbonyl (C=O) groups is 2. The van der Waals surface area contributed by atoms with Crippen molar-refractivity contribution >= 4 is 11.9 Å². The van der Waals surface area contributed by atoms with Gasteiger partial charge in [-0.05, 0) is 17.2 Å². The molecule has 0 unspecified atom stereocenters. The fourth-order valence-electron chi connectivity index (χ4n) is 2.06. The maximum atomic E-state index is 12.1. The molecule has 5 heteroatoms. The van der Waals surface area contributed by atoms with Crippen LogP contribution in [0.2, 0.25) is 0 Å². The third-order valence-electron chi connectivity index (χ3n) is 3.20. The smallest absolute Gasteiger partial charge is 0.325 e. The molecule has 0 bridgehead atoms. The molecule has 0 atom stereocenters. The number of esters is 1. The van der Waals surface area contributed by atoms with Gasteiger partial charge in [-0.3, -0.25) is 9.59 Å². The minimum absolute atomic E-state index is 0.174.